The molecule has 0 amide bonds. The molecule has 2 aliphatic rings. The monoisotopic (exact) mass is 855 g/mol. The molecule has 2 fully saturated rings. The lowest BCUT2D eigenvalue weighted by Crippen LogP contribution is -2.61. The summed E-state index contributed by atoms with van der Waals surface area (Å²) in [4.78, 5) is 43.1. The molecule has 3 heterocycles. The molecule has 2 aromatic rings. The third kappa shape index (κ3) is 12.8. The van der Waals surface area contributed by atoms with Gasteiger partial charge in [0, 0.05) is 44.2 Å². The van der Waals surface area contributed by atoms with Crippen LogP contribution in [0, 0.1) is 23.7 Å². The van der Waals surface area contributed by atoms with E-state index in [1.165, 1.54) is 20.2 Å². The number of carbonyl (C=O) groups excluding carboxylic acids is 2. The Balaban J connectivity index is 1.89. The topological polar surface area (TPSA) is 181 Å². The van der Waals surface area contributed by atoms with Crippen molar-refractivity contribution in [3.63, 3.8) is 0 Å². The summed E-state index contributed by atoms with van der Waals surface area (Å²) in [6, 6.07) is 9.34. The van der Waals surface area contributed by atoms with Gasteiger partial charge in [0.1, 0.15) is 30.7 Å². The van der Waals surface area contributed by atoms with Gasteiger partial charge in [0.25, 0.3) is 0 Å². The maximum atomic E-state index is 14.4. The summed E-state index contributed by atoms with van der Waals surface area (Å²) in [7, 11) is 5.43. The van der Waals surface area contributed by atoms with E-state index < -0.39 is 83.6 Å². The molecule has 0 saturated carbocycles. The average molecular weight is 855 g/mol. The molecule has 15 heteroatoms. The van der Waals surface area contributed by atoms with Gasteiger partial charge < -0.3 is 48.4 Å². The van der Waals surface area contributed by atoms with E-state index in [1.54, 1.807) is 46.5 Å². The first-order valence-electron chi connectivity index (χ1n) is 21.4. The third-order valence-electron chi connectivity index (χ3n) is 12.3. The standard InChI is InChI=1S/C46H70N4O11/c1-13-37-46(9,54)41(52)30(4)38(49-57-26-34-18-15-14-16-19-34)28(2)23-45(8,55-12)42(61-44-40(59-33(7)51)36(50(10)11)22-29(3)58-44)31(5)39(32(6)43(53)60-37)56-21-17-20-35-24-47-27-48-25-35/h14-19,21,24-25,27-32,36-37,39-42,44,52,54H,13,20,22-23,26H2,1-12H3/b21-17-,49-38+/t28-,29-,30+,31+,32-,36+,37-,39+,40-,41-,42-,44+,45-,46-/m1/s1. The van der Waals surface area contributed by atoms with Crippen molar-refractivity contribution >= 4 is 17.7 Å². The number of likely N-dealkylation sites (N-methyl/N-ethyl adjacent to an activating group) is 1. The number of esters is 2. The first-order valence-corrected chi connectivity index (χ1v) is 21.4. The molecule has 2 saturated heterocycles. The summed E-state index contributed by atoms with van der Waals surface area (Å²) in [6.07, 6.45) is 3.26. The Morgan fingerprint density at radius 1 is 1.03 bits per heavy atom. The number of cyclic esters (lactones) is 1. The molecule has 0 aliphatic carbocycles. The highest BCUT2D eigenvalue weighted by molar-refractivity contribution is 5.88. The molecular formula is C46H70N4O11. The molecule has 1 aromatic carbocycles. The van der Waals surface area contributed by atoms with Crippen LogP contribution in [0.15, 0.2) is 66.5 Å². The highest BCUT2D eigenvalue weighted by Gasteiger charge is 2.53. The van der Waals surface area contributed by atoms with Gasteiger partial charge >= 0.3 is 11.9 Å². The van der Waals surface area contributed by atoms with Crippen molar-refractivity contribution in [3.8, 4) is 0 Å². The van der Waals surface area contributed by atoms with E-state index in [0.717, 1.165) is 11.1 Å². The van der Waals surface area contributed by atoms with Crippen molar-refractivity contribution in [1.82, 2.24) is 14.9 Å². The van der Waals surface area contributed by atoms with Gasteiger partial charge in [-0.05, 0) is 84.7 Å². The molecule has 61 heavy (non-hydrogen) atoms. The van der Waals surface area contributed by atoms with Crippen LogP contribution in [0.1, 0.15) is 92.7 Å². The summed E-state index contributed by atoms with van der Waals surface area (Å²) in [5.41, 5.74) is -0.866. The number of benzene rings is 1. The number of hydrogen-bond acceptors (Lipinski definition) is 15. The van der Waals surface area contributed by atoms with Crippen LogP contribution in [-0.2, 0) is 55.9 Å². The van der Waals surface area contributed by atoms with Crippen LogP contribution >= 0.6 is 0 Å². The van der Waals surface area contributed by atoms with Crippen LogP contribution in [-0.4, -0.2) is 124 Å². The Morgan fingerprint density at radius 2 is 1.70 bits per heavy atom. The molecule has 15 nitrogen and oxygen atoms in total. The molecule has 14 atom stereocenters. The van der Waals surface area contributed by atoms with Crippen LogP contribution in [0.3, 0.4) is 0 Å². The molecule has 4 rings (SSSR count). The number of rotatable bonds is 13. The fraction of sp³-hybridized carbons (Fsp3) is 0.674. The average Bonchev–Trinajstić information content (AvgIpc) is 3.23. The van der Waals surface area contributed by atoms with Gasteiger partial charge in [0.05, 0.1) is 47.8 Å². The minimum Gasteiger partial charge on any atom is -0.497 e. The molecule has 2 aliphatic heterocycles. The van der Waals surface area contributed by atoms with Crippen molar-refractivity contribution in [2.45, 2.75) is 155 Å². The fourth-order valence-electron chi connectivity index (χ4n) is 8.82. The van der Waals surface area contributed by atoms with Crippen LogP contribution < -0.4 is 0 Å². The Bertz CT molecular complexity index is 1730. The molecule has 0 unspecified atom stereocenters. The van der Waals surface area contributed by atoms with E-state index in [1.807, 2.05) is 83.1 Å². The first kappa shape index (κ1) is 49.7. The lowest BCUT2D eigenvalue weighted by atomic mass is 9.73. The Labute approximate surface area is 362 Å². The number of oxime groups is 1. The molecule has 0 radical (unpaired) electrons. The van der Waals surface area contributed by atoms with Crippen LogP contribution in [0.4, 0.5) is 0 Å². The highest BCUT2D eigenvalue weighted by Crippen LogP contribution is 2.40. The van der Waals surface area contributed by atoms with Gasteiger partial charge in [0.2, 0.25) is 0 Å². The van der Waals surface area contributed by atoms with Gasteiger partial charge in [-0.2, -0.15) is 0 Å². The summed E-state index contributed by atoms with van der Waals surface area (Å²) in [5, 5.41) is 28.7. The zero-order chi connectivity index (χ0) is 45.1. The van der Waals surface area contributed by atoms with E-state index in [0.29, 0.717) is 18.6 Å². The normalized spacial score (nSPS) is 36.3. The molecule has 0 bridgehead atoms. The quantitative estimate of drug-likeness (QED) is 0.143. The zero-order valence-corrected chi connectivity index (χ0v) is 38.1. The first-order chi connectivity index (χ1) is 28.8. The highest BCUT2D eigenvalue weighted by atomic mass is 16.7. The summed E-state index contributed by atoms with van der Waals surface area (Å²) in [5.74, 6) is -3.92. The zero-order valence-electron chi connectivity index (χ0n) is 38.1. The molecule has 1 aromatic heterocycles. The molecule has 0 spiro atoms. The number of aliphatic hydroxyl groups excluding tert-OH is 1. The maximum absolute atomic E-state index is 14.4. The van der Waals surface area contributed by atoms with Crippen molar-refractivity contribution in [2.75, 3.05) is 21.2 Å². The Morgan fingerprint density at radius 3 is 2.31 bits per heavy atom. The van der Waals surface area contributed by atoms with Gasteiger partial charge in [-0.15, -0.1) is 0 Å². The third-order valence-corrected chi connectivity index (χ3v) is 12.3. The number of ether oxygens (including phenoxy) is 6. The van der Waals surface area contributed by atoms with Crippen LogP contribution in [0.25, 0.3) is 0 Å². The second-order valence-electron chi connectivity index (χ2n) is 17.5. The van der Waals surface area contributed by atoms with Gasteiger partial charge in [-0.1, -0.05) is 63.2 Å². The number of hydrogen-bond donors (Lipinski definition) is 2. The number of allylic oxidation sites excluding steroid dienone is 1. The maximum Gasteiger partial charge on any atom is 0.312 e. The number of nitrogens with zero attached hydrogens (tertiary/aromatic N) is 4. The second-order valence-corrected chi connectivity index (χ2v) is 17.5. The minimum absolute atomic E-state index is 0.166. The van der Waals surface area contributed by atoms with Gasteiger partial charge in [-0.3, -0.25) is 9.59 Å². The Hall–Kier alpha value is -3.99. The van der Waals surface area contributed by atoms with E-state index in [4.69, 9.17) is 33.3 Å². The lowest BCUT2D eigenvalue weighted by molar-refractivity contribution is -0.303. The van der Waals surface area contributed by atoms with E-state index in [9.17, 15) is 19.8 Å². The number of aromatic nitrogens is 2. The molecule has 340 valence electrons. The molecular weight excluding hydrogens is 785 g/mol. The van der Waals surface area contributed by atoms with E-state index in [-0.39, 0.29) is 31.6 Å². The predicted octanol–water partition coefficient (Wildman–Crippen LogP) is 5.66. The van der Waals surface area contributed by atoms with Crippen molar-refractivity contribution < 1.29 is 53.1 Å². The van der Waals surface area contributed by atoms with Crippen molar-refractivity contribution in [2.24, 2.45) is 28.8 Å². The summed E-state index contributed by atoms with van der Waals surface area (Å²) < 4.78 is 38.7. The van der Waals surface area contributed by atoms with Crippen molar-refractivity contribution in [3.05, 3.63) is 72.5 Å². The van der Waals surface area contributed by atoms with Crippen molar-refractivity contribution in [1.29, 1.82) is 0 Å². The number of methoxy groups -OCH3 is 1. The smallest absolute Gasteiger partial charge is 0.312 e. The van der Waals surface area contributed by atoms with Gasteiger partial charge in [0.15, 0.2) is 12.4 Å². The van der Waals surface area contributed by atoms with E-state index >= 15 is 0 Å². The molecule has 2 N–H and O–H groups in total. The van der Waals surface area contributed by atoms with Crippen LogP contribution in [0.2, 0.25) is 0 Å². The fourth-order valence-corrected chi connectivity index (χ4v) is 8.82. The predicted molar refractivity (Wildman–Crippen MR) is 229 cm³/mol. The Kier molecular flexibility index (Phi) is 18.2. The SMILES string of the molecule is CC[C@H]1OC(=O)[C@H](C)[C@@H](O/C=C\Cc2cncnc2)[C@H](C)[C@@H](O[C@@H]2O[C@H](C)C[C@H](N(C)C)[C@H]2OC(C)=O)[C@](C)(OC)C[C@@H](C)/C(=N\OCc2ccccc2)[C@H](C)[C@@H](O)[C@]1(C)O. The van der Waals surface area contributed by atoms with E-state index in [2.05, 4.69) is 15.1 Å². The summed E-state index contributed by atoms with van der Waals surface area (Å²) >= 11 is 0. The second kappa shape index (κ2) is 22.4. The summed E-state index contributed by atoms with van der Waals surface area (Å²) in [6.45, 7) is 16.0. The number of aliphatic hydroxyl groups is 2. The number of carbonyl (C=O) groups is 2. The van der Waals surface area contributed by atoms with Crippen LogP contribution in [0.5, 0.6) is 0 Å². The largest absolute Gasteiger partial charge is 0.497 e. The lowest BCUT2D eigenvalue weighted by Gasteiger charge is -2.49. The minimum atomic E-state index is -1.90. The van der Waals surface area contributed by atoms with Gasteiger partial charge in [-0.25, -0.2) is 9.97 Å².